The summed E-state index contributed by atoms with van der Waals surface area (Å²) < 4.78 is 71.8. The summed E-state index contributed by atoms with van der Waals surface area (Å²) >= 11 is 0. The van der Waals surface area contributed by atoms with Gasteiger partial charge in [-0.25, -0.2) is 0 Å². The van der Waals surface area contributed by atoms with Crippen LogP contribution in [0.25, 0.3) is 0 Å². The molecule has 0 atom stereocenters. The highest BCUT2D eigenvalue weighted by molar-refractivity contribution is 6.36. The standard InChI is InChI=1S/C5H4B2F6/c1-3(2(6)7,4(8,9)10)5(11,12)13/h2H,1H3. The maximum atomic E-state index is 12.0. The van der Waals surface area contributed by atoms with Crippen molar-refractivity contribution in [1.29, 1.82) is 0 Å². The van der Waals surface area contributed by atoms with Crippen LogP contribution in [0.3, 0.4) is 0 Å². The van der Waals surface area contributed by atoms with Crippen LogP contribution >= 0.6 is 0 Å². The topological polar surface area (TPSA) is 0 Å². The highest BCUT2D eigenvalue weighted by atomic mass is 19.4. The molecule has 0 N–H and O–H groups in total. The number of rotatable bonds is 1. The van der Waals surface area contributed by atoms with Crippen LogP contribution in [0.1, 0.15) is 6.92 Å². The second-order valence-electron chi connectivity index (χ2n) is 2.72. The van der Waals surface area contributed by atoms with Gasteiger partial charge in [0, 0.05) is 0 Å². The monoisotopic (exact) mass is 200 g/mol. The fourth-order valence-corrected chi connectivity index (χ4v) is 0.539. The van der Waals surface area contributed by atoms with E-state index >= 15 is 0 Å². The second kappa shape index (κ2) is 3.13. The van der Waals surface area contributed by atoms with E-state index in [-0.39, 0.29) is 6.92 Å². The van der Waals surface area contributed by atoms with Gasteiger partial charge in [0.25, 0.3) is 0 Å². The van der Waals surface area contributed by atoms with Gasteiger partial charge in [-0.2, -0.15) is 26.3 Å². The van der Waals surface area contributed by atoms with E-state index in [2.05, 4.69) is 15.7 Å². The van der Waals surface area contributed by atoms with E-state index < -0.39 is 23.5 Å². The summed E-state index contributed by atoms with van der Waals surface area (Å²) in [5, 5.41) is 0. The van der Waals surface area contributed by atoms with Crippen LogP contribution in [0.4, 0.5) is 26.3 Å². The molecule has 0 aliphatic rings. The molecular formula is C5H4B2F6. The molecule has 0 heterocycles. The number of hydrogen-bond acceptors (Lipinski definition) is 0. The third kappa shape index (κ3) is 1.96. The largest absolute Gasteiger partial charge is 0.401 e. The van der Waals surface area contributed by atoms with Crippen LogP contribution in [0.5, 0.6) is 0 Å². The molecule has 0 nitrogen and oxygen atoms in total. The predicted molar refractivity (Wildman–Crippen MR) is 35.5 cm³/mol. The first-order chi connectivity index (χ1) is 5.44. The lowest BCUT2D eigenvalue weighted by Crippen LogP contribution is -2.50. The Labute approximate surface area is 73.5 Å². The fourth-order valence-electron chi connectivity index (χ4n) is 0.539. The van der Waals surface area contributed by atoms with Gasteiger partial charge in [0.05, 0.1) is 15.7 Å². The van der Waals surface area contributed by atoms with Crippen LogP contribution in [0.2, 0.25) is 5.72 Å². The summed E-state index contributed by atoms with van der Waals surface area (Å²) in [6.45, 7) is -0.0718. The van der Waals surface area contributed by atoms with Gasteiger partial charge in [-0.3, -0.25) is 0 Å². The Balaban J connectivity index is 5.22. The van der Waals surface area contributed by atoms with Crippen molar-refractivity contribution < 1.29 is 26.3 Å². The molecule has 0 aliphatic heterocycles. The van der Waals surface area contributed by atoms with Crippen molar-refractivity contribution >= 4 is 15.7 Å². The van der Waals surface area contributed by atoms with E-state index in [9.17, 15) is 26.3 Å². The van der Waals surface area contributed by atoms with Crippen molar-refractivity contribution in [3.8, 4) is 0 Å². The molecular weight excluding hydrogens is 196 g/mol. The number of alkyl halides is 6. The van der Waals surface area contributed by atoms with Crippen molar-refractivity contribution in [1.82, 2.24) is 0 Å². The van der Waals surface area contributed by atoms with E-state index in [1.807, 2.05) is 0 Å². The molecule has 0 saturated heterocycles. The van der Waals surface area contributed by atoms with Gasteiger partial charge < -0.3 is 0 Å². The van der Waals surface area contributed by atoms with Crippen molar-refractivity contribution in [2.24, 2.45) is 5.41 Å². The average Bonchev–Trinajstić information content (AvgIpc) is 1.80. The van der Waals surface area contributed by atoms with Gasteiger partial charge in [-0.15, -0.1) is 0 Å². The van der Waals surface area contributed by atoms with Crippen molar-refractivity contribution in [2.75, 3.05) is 0 Å². The second-order valence-corrected chi connectivity index (χ2v) is 2.72. The summed E-state index contributed by atoms with van der Waals surface area (Å²) in [6.07, 6.45) is -11.0. The lowest BCUT2D eigenvalue weighted by Gasteiger charge is -2.37. The molecule has 0 aromatic carbocycles. The van der Waals surface area contributed by atoms with Crippen LogP contribution in [0, 0.1) is 5.41 Å². The summed E-state index contributed by atoms with van der Waals surface area (Å²) in [5.41, 5.74) is -6.60. The van der Waals surface area contributed by atoms with Crippen molar-refractivity contribution in [3.05, 3.63) is 0 Å². The number of halogens is 6. The lowest BCUT2D eigenvalue weighted by molar-refractivity contribution is -0.330. The minimum Gasteiger partial charge on any atom is -0.170 e. The Hall–Kier alpha value is -0.290. The third-order valence-corrected chi connectivity index (χ3v) is 1.84. The first-order valence-electron chi connectivity index (χ1n) is 3.09. The molecule has 8 heteroatoms. The summed E-state index contributed by atoms with van der Waals surface area (Å²) in [6, 6.07) is 0. The minimum absolute atomic E-state index is 0.0718. The van der Waals surface area contributed by atoms with E-state index in [0.717, 1.165) is 0 Å². The van der Waals surface area contributed by atoms with Crippen LogP contribution < -0.4 is 0 Å². The molecule has 0 saturated carbocycles. The van der Waals surface area contributed by atoms with E-state index in [1.54, 1.807) is 0 Å². The molecule has 13 heavy (non-hydrogen) atoms. The SMILES string of the molecule is [B]C([B])C(C)(C(F)(F)F)C(F)(F)F. The van der Waals surface area contributed by atoms with Gasteiger partial charge >= 0.3 is 12.4 Å². The Morgan fingerprint density at radius 3 is 1.08 bits per heavy atom. The first-order valence-corrected chi connectivity index (χ1v) is 3.09. The Morgan fingerprint density at radius 2 is 1.08 bits per heavy atom. The zero-order valence-electron chi connectivity index (χ0n) is 6.50. The molecule has 0 aromatic rings. The summed E-state index contributed by atoms with van der Waals surface area (Å²) in [4.78, 5) is 0. The number of hydrogen-bond donors (Lipinski definition) is 0. The molecule has 0 aromatic heterocycles. The molecule has 0 rings (SSSR count). The highest BCUT2D eigenvalue weighted by Crippen LogP contribution is 2.54. The van der Waals surface area contributed by atoms with E-state index in [4.69, 9.17) is 0 Å². The van der Waals surface area contributed by atoms with Gasteiger partial charge in [0.15, 0.2) is 0 Å². The van der Waals surface area contributed by atoms with Crippen molar-refractivity contribution in [3.63, 3.8) is 0 Å². The quantitative estimate of drug-likeness (QED) is 0.449. The fraction of sp³-hybridized carbons (Fsp3) is 1.00. The van der Waals surface area contributed by atoms with E-state index in [0.29, 0.717) is 0 Å². The highest BCUT2D eigenvalue weighted by Gasteiger charge is 2.68. The first kappa shape index (κ1) is 12.7. The third-order valence-electron chi connectivity index (χ3n) is 1.84. The van der Waals surface area contributed by atoms with E-state index in [1.165, 1.54) is 0 Å². The van der Waals surface area contributed by atoms with Crippen molar-refractivity contribution in [2.45, 2.75) is 25.0 Å². The molecule has 4 radical (unpaired) electrons. The van der Waals surface area contributed by atoms with Crippen LogP contribution in [-0.4, -0.2) is 28.0 Å². The van der Waals surface area contributed by atoms with Gasteiger partial charge in [-0.1, -0.05) is 5.72 Å². The molecule has 0 aliphatic carbocycles. The Kier molecular flexibility index (Phi) is 3.06. The van der Waals surface area contributed by atoms with Gasteiger partial charge in [0.2, 0.25) is 0 Å². The molecule has 72 valence electrons. The summed E-state index contributed by atoms with van der Waals surface area (Å²) in [7, 11) is 8.96. The molecule has 0 bridgehead atoms. The van der Waals surface area contributed by atoms with Gasteiger partial charge in [-0.05, 0) is 6.92 Å². The zero-order valence-corrected chi connectivity index (χ0v) is 6.50. The maximum absolute atomic E-state index is 12.0. The van der Waals surface area contributed by atoms with Gasteiger partial charge in [0.1, 0.15) is 5.41 Å². The molecule has 0 amide bonds. The lowest BCUT2D eigenvalue weighted by atomic mass is 9.55. The maximum Gasteiger partial charge on any atom is 0.401 e. The predicted octanol–water partition coefficient (Wildman–Crippen LogP) is 2.20. The normalized spacial score (nSPS) is 15.1. The smallest absolute Gasteiger partial charge is 0.170 e. The minimum atomic E-state index is -5.51. The molecule has 0 unspecified atom stereocenters. The zero-order chi connectivity index (χ0) is 11.1. The van der Waals surface area contributed by atoms with Crippen LogP contribution in [0.15, 0.2) is 0 Å². The summed E-state index contributed by atoms with van der Waals surface area (Å²) in [5.74, 6) is 0. The Morgan fingerprint density at radius 1 is 0.846 bits per heavy atom. The molecule has 0 spiro atoms. The average molecular weight is 200 g/mol. The molecule has 0 fully saturated rings. The Bertz CT molecular complexity index is 166. The van der Waals surface area contributed by atoms with Crippen LogP contribution in [-0.2, 0) is 0 Å².